The predicted molar refractivity (Wildman–Crippen MR) is 80.1 cm³/mol. The summed E-state index contributed by atoms with van der Waals surface area (Å²) >= 11 is 0. The Morgan fingerprint density at radius 2 is 1.79 bits per heavy atom. The number of carboxylic acids is 1. The van der Waals surface area contributed by atoms with Gasteiger partial charge in [0.2, 0.25) is 5.91 Å². The molecule has 1 aliphatic carbocycles. The molecule has 0 heterocycles. The molecule has 24 heavy (non-hydrogen) atoms. The molecule has 2 amide bonds. The van der Waals surface area contributed by atoms with Crippen molar-refractivity contribution >= 4 is 17.8 Å². The maximum Gasteiger partial charge on any atom is 0.310 e. The first kappa shape index (κ1) is 17.6. The Hall–Kier alpha value is -2.77. The Morgan fingerprint density at radius 3 is 2.33 bits per heavy atom. The van der Waals surface area contributed by atoms with Crippen molar-refractivity contribution in [3.63, 3.8) is 0 Å². The topological polar surface area (TPSA) is 95.5 Å². The zero-order valence-corrected chi connectivity index (χ0v) is 12.8. The summed E-state index contributed by atoms with van der Waals surface area (Å²) in [5.41, 5.74) is -0.237. The molecule has 1 aromatic carbocycles. The Morgan fingerprint density at radius 1 is 1.17 bits per heavy atom. The van der Waals surface area contributed by atoms with Crippen molar-refractivity contribution in [1.29, 1.82) is 0 Å². The van der Waals surface area contributed by atoms with Gasteiger partial charge in [0, 0.05) is 17.7 Å². The van der Waals surface area contributed by atoms with Crippen LogP contribution in [0.25, 0.3) is 0 Å². The highest BCUT2D eigenvalue weighted by Crippen LogP contribution is 2.18. The van der Waals surface area contributed by atoms with Gasteiger partial charge in [0.15, 0.2) is 0 Å². The summed E-state index contributed by atoms with van der Waals surface area (Å²) in [4.78, 5) is 34.8. The van der Waals surface area contributed by atoms with Crippen LogP contribution in [0, 0.1) is 17.6 Å². The van der Waals surface area contributed by atoms with Gasteiger partial charge in [-0.1, -0.05) is 12.2 Å². The number of halogens is 2. The Kier molecular flexibility index (Phi) is 5.28. The van der Waals surface area contributed by atoms with Gasteiger partial charge in [-0.2, -0.15) is 0 Å². The number of carbonyl (C=O) groups is 3. The normalized spacial score (nSPS) is 20.5. The van der Waals surface area contributed by atoms with Gasteiger partial charge in [-0.15, -0.1) is 0 Å². The van der Waals surface area contributed by atoms with Crippen LogP contribution in [0.3, 0.4) is 0 Å². The van der Waals surface area contributed by atoms with Crippen LogP contribution in [0.2, 0.25) is 0 Å². The molecule has 0 unspecified atom stereocenters. The molecule has 0 fully saturated rings. The number of nitrogens with one attached hydrogen (secondary N) is 2. The number of hydrogen-bond acceptors (Lipinski definition) is 3. The van der Waals surface area contributed by atoms with Crippen LogP contribution >= 0.6 is 0 Å². The quantitative estimate of drug-likeness (QED) is 0.704. The summed E-state index contributed by atoms with van der Waals surface area (Å²) in [7, 11) is 0. The van der Waals surface area contributed by atoms with E-state index in [1.54, 1.807) is 6.08 Å². The lowest BCUT2D eigenvalue weighted by Gasteiger charge is -2.17. The van der Waals surface area contributed by atoms with E-state index in [0.717, 1.165) is 12.1 Å². The SMILES string of the molecule is C[C@H](NC(=O)c1cc(F)cc(F)c1)C(=O)N[C@H]1C=C[C@@H](C(=O)O)C1. The van der Waals surface area contributed by atoms with Crippen LogP contribution in [0.15, 0.2) is 30.4 Å². The second kappa shape index (κ2) is 7.20. The lowest BCUT2D eigenvalue weighted by molar-refractivity contribution is -0.140. The summed E-state index contributed by atoms with van der Waals surface area (Å²) in [6, 6.07) is 0.962. The molecule has 0 aliphatic heterocycles. The minimum atomic E-state index is -0.975. The Balaban J connectivity index is 1.91. The molecular formula is C16H16F2N2O4. The number of hydrogen-bond donors (Lipinski definition) is 3. The molecule has 0 saturated carbocycles. The number of carboxylic acid groups (broad SMARTS) is 1. The third kappa shape index (κ3) is 4.37. The fraction of sp³-hybridized carbons (Fsp3) is 0.312. The lowest BCUT2D eigenvalue weighted by atomic mass is 10.1. The average Bonchev–Trinajstić information content (AvgIpc) is 2.94. The van der Waals surface area contributed by atoms with Crippen molar-refractivity contribution in [2.45, 2.75) is 25.4 Å². The van der Waals surface area contributed by atoms with E-state index in [-0.39, 0.29) is 12.0 Å². The predicted octanol–water partition coefficient (Wildman–Crippen LogP) is 1.23. The molecule has 0 bridgehead atoms. The van der Waals surface area contributed by atoms with Crippen LogP contribution in [-0.4, -0.2) is 35.0 Å². The zero-order valence-electron chi connectivity index (χ0n) is 12.8. The molecule has 8 heteroatoms. The number of benzene rings is 1. The van der Waals surface area contributed by atoms with Crippen molar-refractivity contribution in [2.24, 2.45) is 5.92 Å². The monoisotopic (exact) mass is 338 g/mol. The maximum absolute atomic E-state index is 13.1. The molecule has 0 spiro atoms. The van der Waals surface area contributed by atoms with Crippen molar-refractivity contribution in [1.82, 2.24) is 10.6 Å². The minimum Gasteiger partial charge on any atom is -0.481 e. The maximum atomic E-state index is 13.1. The van der Waals surface area contributed by atoms with Gasteiger partial charge >= 0.3 is 5.97 Å². The third-order valence-electron chi connectivity index (χ3n) is 3.59. The average molecular weight is 338 g/mol. The Bertz CT molecular complexity index is 685. The highest BCUT2D eigenvalue weighted by molar-refractivity contribution is 5.97. The number of rotatable bonds is 5. The van der Waals surface area contributed by atoms with E-state index in [1.807, 2.05) is 0 Å². The first-order valence-electron chi connectivity index (χ1n) is 7.24. The Labute approximate surface area is 136 Å². The van der Waals surface area contributed by atoms with Gasteiger partial charge in [0.1, 0.15) is 17.7 Å². The molecule has 6 nitrogen and oxygen atoms in total. The van der Waals surface area contributed by atoms with Gasteiger partial charge in [0.25, 0.3) is 5.91 Å². The van der Waals surface area contributed by atoms with E-state index in [9.17, 15) is 23.2 Å². The molecular weight excluding hydrogens is 322 g/mol. The van der Waals surface area contributed by atoms with Crippen LogP contribution in [0.5, 0.6) is 0 Å². The van der Waals surface area contributed by atoms with Gasteiger partial charge in [-0.25, -0.2) is 8.78 Å². The summed E-state index contributed by atoms with van der Waals surface area (Å²) in [6.07, 6.45) is 3.30. The van der Waals surface area contributed by atoms with E-state index in [1.165, 1.54) is 13.0 Å². The molecule has 2 rings (SSSR count). The third-order valence-corrected chi connectivity index (χ3v) is 3.59. The van der Waals surface area contributed by atoms with Crippen molar-refractivity contribution in [3.8, 4) is 0 Å². The largest absolute Gasteiger partial charge is 0.481 e. The summed E-state index contributed by atoms with van der Waals surface area (Å²) in [5, 5.41) is 13.8. The van der Waals surface area contributed by atoms with E-state index in [2.05, 4.69) is 10.6 Å². The second-order valence-corrected chi connectivity index (χ2v) is 5.53. The lowest BCUT2D eigenvalue weighted by Crippen LogP contribution is -2.47. The second-order valence-electron chi connectivity index (χ2n) is 5.53. The minimum absolute atomic E-state index is 0.233. The number of carbonyl (C=O) groups excluding carboxylic acids is 2. The van der Waals surface area contributed by atoms with Crippen LogP contribution in [-0.2, 0) is 9.59 Å². The standard InChI is InChI=1S/C16H16F2N2O4/c1-8(14(21)20-13-3-2-9(6-13)16(23)24)19-15(22)10-4-11(17)7-12(18)5-10/h2-5,7-9,13H,6H2,1H3,(H,19,22)(H,20,21)(H,23,24)/t8-,9+,13-/m0/s1. The fourth-order valence-electron chi connectivity index (χ4n) is 2.33. The van der Waals surface area contributed by atoms with Crippen LogP contribution in [0.1, 0.15) is 23.7 Å². The first-order valence-corrected chi connectivity index (χ1v) is 7.24. The molecule has 3 N–H and O–H groups in total. The van der Waals surface area contributed by atoms with Crippen LogP contribution in [0.4, 0.5) is 8.78 Å². The first-order chi connectivity index (χ1) is 11.3. The van der Waals surface area contributed by atoms with Crippen molar-refractivity contribution in [2.75, 3.05) is 0 Å². The molecule has 3 atom stereocenters. The molecule has 1 aromatic rings. The highest BCUT2D eigenvalue weighted by atomic mass is 19.1. The van der Waals surface area contributed by atoms with E-state index < -0.39 is 47.4 Å². The summed E-state index contributed by atoms with van der Waals surface area (Å²) < 4.78 is 26.2. The molecule has 1 aliphatic rings. The van der Waals surface area contributed by atoms with Gasteiger partial charge < -0.3 is 15.7 Å². The molecule has 0 radical (unpaired) electrons. The van der Waals surface area contributed by atoms with Gasteiger partial charge in [-0.3, -0.25) is 14.4 Å². The number of amides is 2. The van der Waals surface area contributed by atoms with Gasteiger partial charge in [0.05, 0.1) is 5.92 Å². The van der Waals surface area contributed by atoms with Crippen molar-refractivity contribution < 1.29 is 28.3 Å². The van der Waals surface area contributed by atoms with E-state index in [0.29, 0.717) is 6.07 Å². The fourth-order valence-corrected chi connectivity index (χ4v) is 2.33. The smallest absolute Gasteiger partial charge is 0.310 e. The summed E-state index contributed by atoms with van der Waals surface area (Å²) in [5.74, 6) is -4.74. The summed E-state index contributed by atoms with van der Waals surface area (Å²) in [6.45, 7) is 1.41. The molecule has 0 saturated heterocycles. The highest BCUT2D eigenvalue weighted by Gasteiger charge is 2.27. The molecule has 0 aromatic heterocycles. The van der Waals surface area contributed by atoms with E-state index >= 15 is 0 Å². The zero-order chi connectivity index (χ0) is 17.9. The van der Waals surface area contributed by atoms with Crippen LogP contribution < -0.4 is 10.6 Å². The van der Waals surface area contributed by atoms with E-state index in [4.69, 9.17) is 5.11 Å². The van der Waals surface area contributed by atoms with Gasteiger partial charge in [-0.05, 0) is 25.5 Å². The van der Waals surface area contributed by atoms with Crippen molar-refractivity contribution in [3.05, 3.63) is 47.5 Å². The molecule has 128 valence electrons. The number of aliphatic carboxylic acids is 1.